The normalized spacial score (nSPS) is 11.6. The van der Waals surface area contributed by atoms with Crippen LogP contribution >= 0.6 is 0 Å². The van der Waals surface area contributed by atoms with E-state index in [0.717, 1.165) is 60.5 Å². The summed E-state index contributed by atoms with van der Waals surface area (Å²) in [4.78, 5) is 15.3. The summed E-state index contributed by atoms with van der Waals surface area (Å²) in [5.74, 6) is 1.86. The zero-order valence-corrected chi connectivity index (χ0v) is 24.2. The molecule has 0 saturated carbocycles. The lowest BCUT2D eigenvalue weighted by molar-refractivity contribution is 0.669. The Hall–Kier alpha value is -6.13. The van der Waals surface area contributed by atoms with Crippen molar-refractivity contribution in [1.82, 2.24) is 15.0 Å². The van der Waals surface area contributed by atoms with Gasteiger partial charge in [-0.1, -0.05) is 121 Å². The van der Waals surface area contributed by atoms with Crippen LogP contribution in [0.1, 0.15) is 0 Å². The first-order chi connectivity index (χ1) is 22.3. The Balaban J connectivity index is 1.29. The first kappa shape index (κ1) is 25.4. The summed E-state index contributed by atoms with van der Waals surface area (Å²) >= 11 is 0. The summed E-state index contributed by atoms with van der Waals surface area (Å²) in [7, 11) is 0. The molecule has 45 heavy (non-hydrogen) atoms. The summed E-state index contributed by atoms with van der Waals surface area (Å²) in [6, 6.07) is 52.3. The number of aromatic nitrogens is 3. The van der Waals surface area contributed by atoms with Crippen LogP contribution in [0.2, 0.25) is 0 Å². The predicted molar refractivity (Wildman–Crippen MR) is 184 cm³/mol. The van der Waals surface area contributed by atoms with E-state index in [0.29, 0.717) is 17.5 Å². The number of hydrogen-bond acceptors (Lipinski definition) is 4. The molecule has 0 spiro atoms. The molecule has 9 aromatic rings. The van der Waals surface area contributed by atoms with E-state index in [1.54, 1.807) is 0 Å². The fourth-order valence-corrected chi connectivity index (χ4v) is 6.23. The fraction of sp³-hybridized carbons (Fsp3) is 0. The molecule has 0 amide bonds. The molecule has 0 aliphatic heterocycles. The SMILES string of the molecule is c1ccc(-c2ccc3oc4cccc(-c5nc(-c6ccc7ccccc7c6)nc(-c6ccc7ccccc7c6)n5)c4c3c2)cc1. The van der Waals surface area contributed by atoms with Crippen LogP contribution in [0.4, 0.5) is 0 Å². The minimum absolute atomic E-state index is 0.606. The van der Waals surface area contributed by atoms with Gasteiger partial charge >= 0.3 is 0 Å². The van der Waals surface area contributed by atoms with Gasteiger partial charge < -0.3 is 4.42 Å². The molecular weight excluding hydrogens is 550 g/mol. The molecule has 0 unspecified atom stereocenters. The number of hydrogen-bond donors (Lipinski definition) is 0. The zero-order chi connectivity index (χ0) is 29.7. The number of furan rings is 1. The minimum atomic E-state index is 0.606. The highest BCUT2D eigenvalue weighted by Crippen LogP contribution is 2.38. The Morgan fingerprint density at radius 3 is 1.60 bits per heavy atom. The van der Waals surface area contributed by atoms with Crippen molar-refractivity contribution < 1.29 is 4.42 Å². The van der Waals surface area contributed by atoms with Gasteiger partial charge in [-0.15, -0.1) is 0 Å². The van der Waals surface area contributed by atoms with Gasteiger partial charge in [0.15, 0.2) is 17.5 Å². The van der Waals surface area contributed by atoms with Gasteiger partial charge in [-0.2, -0.15) is 0 Å². The van der Waals surface area contributed by atoms with Gasteiger partial charge in [0, 0.05) is 27.5 Å². The Labute approximate surface area is 259 Å². The monoisotopic (exact) mass is 575 g/mol. The summed E-state index contributed by atoms with van der Waals surface area (Å²) < 4.78 is 6.36. The number of benzene rings is 7. The third kappa shape index (κ3) is 4.43. The molecule has 0 bridgehead atoms. The smallest absolute Gasteiger partial charge is 0.164 e. The maximum atomic E-state index is 6.36. The first-order valence-electron chi connectivity index (χ1n) is 15.0. The fourth-order valence-electron chi connectivity index (χ4n) is 6.23. The predicted octanol–water partition coefficient (Wildman–Crippen LogP) is 10.7. The Morgan fingerprint density at radius 2 is 0.933 bits per heavy atom. The molecule has 0 atom stereocenters. The second-order valence-electron chi connectivity index (χ2n) is 11.3. The van der Waals surface area contributed by atoms with Crippen molar-refractivity contribution in [3.63, 3.8) is 0 Å². The van der Waals surface area contributed by atoms with Crippen molar-refractivity contribution in [2.24, 2.45) is 0 Å². The van der Waals surface area contributed by atoms with E-state index in [9.17, 15) is 0 Å². The van der Waals surface area contributed by atoms with E-state index in [-0.39, 0.29) is 0 Å². The largest absolute Gasteiger partial charge is 0.456 e. The van der Waals surface area contributed by atoms with Gasteiger partial charge in [0.1, 0.15) is 11.2 Å². The van der Waals surface area contributed by atoms with E-state index in [2.05, 4.69) is 133 Å². The van der Waals surface area contributed by atoms with Crippen molar-refractivity contribution in [3.05, 3.63) is 152 Å². The summed E-state index contributed by atoms with van der Waals surface area (Å²) in [6.45, 7) is 0. The highest BCUT2D eigenvalue weighted by molar-refractivity contribution is 6.12. The minimum Gasteiger partial charge on any atom is -0.456 e. The Morgan fingerprint density at radius 1 is 0.356 bits per heavy atom. The van der Waals surface area contributed by atoms with E-state index in [1.165, 1.54) is 10.8 Å². The second-order valence-corrected chi connectivity index (χ2v) is 11.3. The van der Waals surface area contributed by atoms with Crippen LogP contribution in [0.25, 0.3) is 88.8 Å². The molecule has 7 aromatic carbocycles. The average molecular weight is 576 g/mol. The van der Waals surface area contributed by atoms with Gasteiger partial charge in [-0.3, -0.25) is 0 Å². The summed E-state index contributed by atoms with van der Waals surface area (Å²) in [5.41, 5.74) is 6.70. The lowest BCUT2D eigenvalue weighted by Gasteiger charge is -2.10. The molecule has 2 heterocycles. The molecule has 0 aliphatic rings. The van der Waals surface area contributed by atoms with Crippen LogP contribution in [0.5, 0.6) is 0 Å². The van der Waals surface area contributed by atoms with Gasteiger partial charge in [0.05, 0.1) is 0 Å². The van der Waals surface area contributed by atoms with E-state index in [1.807, 2.05) is 18.2 Å². The lowest BCUT2D eigenvalue weighted by Crippen LogP contribution is -2.00. The highest BCUT2D eigenvalue weighted by atomic mass is 16.3. The summed E-state index contributed by atoms with van der Waals surface area (Å²) in [6.07, 6.45) is 0. The van der Waals surface area contributed by atoms with Crippen LogP contribution in [0.15, 0.2) is 156 Å². The standard InChI is InChI=1S/C41H25N3O/c1-2-9-26(10-3-1)31-21-22-36-35(25-31)38-34(15-8-16-37(38)45-36)41-43-39(32-19-17-27-11-4-6-13-29(27)23-32)42-40(44-41)33-20-18-28-12-5-7-14-30(28)24-33/h1-25H. The van der Waals surface area contributed by atoms with Crippen LogP contribution < -0.4 is 0 Å². The molecule has 0 saturated heterocycles. The van der Waals surface area contributed by atoms with Crippen molar-refractivity contribution in [2.75, 3.05) is 0 Å². The third-order valence-electron chi connectivity index (χ3n) is 8.49. The maximum Gasteiger partial charge on any atom is 0.164 e. The van der Waals surface area contributed by atoms with Crippen molar-refractivity contribution in [2.45, 2.75) is 0 Å². The van der Waals surface area contributed by atoms with Gasteiger partial charge in [-0.25, -0.2) is 15.0 Å². The molecule has 0 fully saturated rings. The number of fused-ring (bicyclic) bond motifs is 5. The maximum absolute atomic E-state index is 6.36. The van der Waals surface area contributed by atoms with Crippen LogP contribution in [-0.2, 0) is 0 Å². The van der Waals surface area contributed by atoms with E-state index >= 15 is 0 Å². The van der Waals surface area contributed by atoms with Crippen molar-refractivity contribution in [1.29, 1.82) is 0 Å². The molecule has 0 radical (unpaired) electrons. The molecule has 9 rings (SSSR count). The van der Waals surface area contributed by atoms with E-state index in [4.69, 9.17) is 19.4 Å². The highest BCUT2D eigenvalue weighted by Gasteiger charge is 2.18. The Bertz CT molecular complexity index is 2450. The quantitative estimate of drug-likeness (QED) is 0.209. The lowest BCUT2D eigenvalue weighted by atomic mass is 10.0. The first-order valence-corrected chi connectivity index (χ1v) is 15.0. The molecule has 0 N–H and O–H groups in total. The third-order valence-corrected chi connectivity index (χ3v) is 8.49. The zero-order valence-electron chi connectivity index (χ0n) is 24.2. The molecule has 210 valence electrons. The van der Waals surface area contributed by atoms with Gasteiger partial charge in [0.2, 0.25) is 0 Å². The van der Waals surface area contributed by atoms with Crippen LogP contribution in [0, 0.1) is 0 Å². The number of nitrogens with zero attached hydrogens (tertiary/aromatic N) is 3. The molecule has 2 aromatic heterocycles. The molecule has 4 nitrogen and oxygen atoms in total. The molecular formula is C41H25N3O. The van der Waals surface area contributed by atoms with E-state index < -0.39 is 0 Å². The Kier molecular flexibility index (Phi) is 5.78. The topological polar surface area (TPSA) is 51.8 Å². The van der Waals surface area contributed by atoms with Gasteiger partial charge in [0.25, 0.3) is 0 Å². The van der Waals surface area contributed by atoms with Gasteiger partial charge in [-0.05, 0) is 63.0 Å². The number of rotatable bonds is 4. The van der Waals surface area contributed by atoms with Crippen molar-refractivity contribution >= 4 is 43.5 Å². The molecule has 4 heteroatoms. The van der Waals surface area contributed by atoms with Crippen LogP contribution in [0.3, 0.4) is 0 Å². The van der Waals surface area contributed by atoms with Crippen LogP contribution in [-0.4, -0.2) is 15.0 Å². The molecule has 0 aliphatic carbocycles. The van der Waals surface area contributed by atoms with Crippen molar-refractivity contribution in [3.8, 4) is 45.3 Å². The second kappa shape index (κ2) is 10.2. The summed E-state index contributed by atoms with van der Waals surface area (Å²) in [5, 5.41) is 6.65. The average Bonchev–Trinajstić information content (AvgIpc) is 3.49.